The lowest BCUT2D eigenvalue weighted by atomic mass is 10.0. The zero-order valence-electron chi connectivity index (χ0n) is 19.8. The van der Waals surface area contributed by atoms with Crippen LogP contribution in [0.25, 0.3) is 6.08 Å². The molecule has 36 heavy (non-hydrogen) atoms. The van der Waals surface area contributed by atoms with Crippen molar-refractivity contribution in [2.45, 2.75) is 13.8 Å². The quantitative estimate of drug-likeness (QED) is 0.202. The highest BCUT2D eigenvalue weighted by Gasteiger charge is 2.43. The monoisotopic (exact) mass is 484 g/mol. The van der Waals surface area contributed by atoms with Crippen molar-refractivity contribution in [3.05, 3.63) is 100 Å². The summed E-state index contributed by atoms with van der Waals surface area (Å²) in [5.41, 5.74) is 1.11. The molecule has 1 aliphatic rings. The smallest absolute Gasteiger partial charge is 0.343 e. The number of nitro benzene ring substituents is 1. The van der Waals surface area contributed by atoms with Gasteiger partial charge in [-0.05, 0) is 50.3 Å². The Morgan fingerprint density at radius 2 is 1.31 bits per heavy atom. The molecule has 1 heterocycles. The third kappa shape index (κ3) is 4.46. The van der Waals surface area contributed by atoms with Gasteiger partial charge in [-0.1, -0.05) is 36.4 Å². The van der Waals surface area contributed by atoms with Crippen LogP contribution in [0.15, 0.2) is 84.4 Å². The number of nitro groups is 1. The van der Waals surface area contributed by atoms with Crippen LogP contribution in [0.3, 0.4) is 0 Å². The standard InChI is InChI=1S/C27H24N4O5/c1-3-28(4-2)24-16-15-22(31(35)36)17-19(24)18-23-25(32)29(20-11-7-5-8-12-20)27(34)30(26(23)33)21-13-9-6-10-14-21/h5-18H,3-4H2,1-2H3. The first-order valence-electron chi connectivity index (χ1n) is 11.4. The number of benzene rings is 3. The number of anilines is 3. The minimum Gasteiger partial charge on any atom is -0.372 e. The Kier molecular flexibility index (Phi) is 6.91. The highest BCUT2D eigenvalue weighted by Crippen LogP contribution is 2.32. The van der Waals surface area contributed by atoms with Crippen LogP contribution in [0.1, 0.15) is 19.4 Å². The number of carbonyl (C=O) groups is 3. The molecule has 3 aromatic carbocycles. The molecule has 1 aliphatic heterocycles. The molecule has 0 saturated carbocycles. The summed E-state index contributed by atoms with van der Waals surface area (Å²) in [6, 6.07) is 20.1. The Hall–Kier alpha value is -4.79. The fourth-order valence-corrected chi connectivity index (χ4v) is 4.12. The number of barbiturate groups is 1. The number of amides is 4. The van der Waals surface area contributed by atoms with Crippen molar-refractivity contribution in [1.29, 1.82) is 0 Å². The molecule has 182 valence electrons. The fourth-order valence-electron chi connectivity index (χ4n) is 4.12. The van der Waals surface area contributed by atoms with Gasteiger partial charge in [-0.2, -0.15) is 0 Å². The van der Waals surface area contributed by atoms with E-state index in [4.69, 9.17) is 0 Å². The summed E-state index contributed by atoms with van der Waals surface area (Å²) in [6.45, 7) is 5.09. The van der Waals surface area contributed by atoms with E-state index in [2.05, 4.69) is 0 Å². The Balaban J connectivity index is 1.93. The van der Waals surface area contributed by atoms with Gasteiger partial charge in [0.15, 0.2) is 0 Å². The number of rotatable bonds is 7. The largest absolute Gasteiger partial charge is 0.372 e. The molecular weight excluding hydrogens is 460 g/mol. The van der Waals surface area contributed by atoms with Crippen LogP contribution in [0, 0.1) is 10.1 Å². The van der Waals surface area contributed by atoms with Gasteiger partial charge < -0.3 is 4.90 Å². The van der Waals surface area contributed by atoms with Crippen molar-refractivity contribution >= 4 is 46.7 Å². The topological polar surface area (TPSA) is 104 Å². The molecule has 3 aromatic rings. The fraction of sp³-hybridized carbons (Fsp3) is 0.148. The molecule has 0 spiro atoms. The summed E-state index contributed by atoms with van der Waals surface area (Å²) in [6.07, 6.45) is 1.34. The molecule has 0 unspecified atom stereocenters. The number of hydrogen-bond donors (Lipinski definition) is 0. The maximum atomic E-state index is 13.6. The van der Waals surface area contributed by atoms with Gasteiger partial charge in [0.1, 0.15) is 5.57 Å². The van der Waals surface area contributed by atoms with Crippen molar-refractivity contribution in [3.8, 4) is 0 Å². The van der Waals surface area contributed by atoms with E-state index in [0.717, 1.165) is 9.80 Å². The van der Waals surface area contributed by atoms with Gasteiger partial charge in [0.2, 0.25) is 0 Å². The predicted octanol–water partition coefficient (Wildman–Crippen LogP) is 5.02. The first-order chi connectivity index (χ1) is 17.4. The number of para-hydroxylation sites is 2. The Labute approximate surface area is 208 Å². The third-order valence-electron chi connectivity index (χ3n) is 5.90. The molecular formula is C27H24N4O5. The Morgan fingerprint density at radius 3 is 1.75 bits per heavy atom. The molecule has 0 radical (unpaired) electrons. The van der Waals surface area contributed by atoms with Crippen LogP contribution >= 0.6 is 0 Å². The van der Waals surface area contributed by atoms with E-state index in [0.29, 0.717) is 35.7 Å². The molecule has 0 aliphatic carbocycles. The summed E-state index contributed by atoms with van der Waals surface area (Å²) in [4.78, 5) is 55.5. The van der Waals surface area contributed by atoms with Crippen molar-refractivity contribution in [2.75, 3.05) is 27.8 Å². The molecule has 1 fully saturated rings. The summed E-state index contributed by atoms with van der Waals surface area (Å²) < 4.78 is 0. The molecule has 0 bridgehead atoms. The van der Waals surface area contributed by atoms with E-state index >= 15 is 0 Å². The SMILES string of the molecule is CCN(CC)c1ccc([N+](=O)[O-])cc1C=C1C(=O)N(c2ccccc2)C(=O)N(c2ccccc2)C1=O. The number of nitrogens with zero attached hydrogens (tertiary/aromatic N) is 4. The van der Waals surface area contributed by atoms with Gasteiger partial charge in [0, 0.05) is 36.5 Å². The second kappa shape index (κ2) is 10.2. The molecule has 0 aromatic heterocycles. The second-order valence-electron chi connectivity index (χ2n) is 7.97. The lowest BCUT2D eigenvalue weighted by Crippen LogP contribution is -2.57. The van der Waals surface area contributed by atoms with Crippen LogP contribution < -0.4 is 14.7 Å². The van der Waals surface area contributed by atoms with Crippen LogP contribution in [-0.2, 0) is 9.59 Å². The van der Waals surface area contributed by atoms with Gasteiger partial charge in [0.05, 0.1) is 16.3 Å². The molecule has 9 heteroatoms. The first kappa shape index (κ1) is 24.3. The number of imide groups is 2. The van der Waals surface area contributed by atoms with Gasteiger partial charge >= 0.3 is 6.03 Å². The summed E-state index contributed by atoms with van der Waals surface area (Å²) in [5, 5.41) is 11.5. The van der Waals surface area contributed by atoms with Crippen molar-refractivity contribution in [3.63, 3.8) is 0 Å². The summed E-state index contributed by atoms with van der Waals surface area (Å²) >= 11 is 0. The average molecular weight is 485 g/mol. The second-order valence-corrected chi connectivity index (χ2v) is 7.97. The molecule has 4 amide bonds. The third-order valence-corrected chi connectivity index (χ3v) is 5.90. The lowest BCUT2D eigenvalue weighted by molar-refractivity contribution is -0.384. The Bertz CT molecular complexity index is 1290. The maximum absolute atomic E-state index is 13.6. The van der Waals surface area contributed by atoms with E-state index in [-0.39, 0.29) is 11.3 Å². The van der Waals surface area contributed by atoms with E-state index in [1.165, 1.54) is 18.2 Å². The van der Waals surface area contributed by atoms with E-state index < -0.39 is 22.8 Å². The maximum Gasteiger partial charge on any atom is 0.343 e. The molecule has 0 N–H and O–H groups in total. The van der Waals surface area contributed by atoms with E-state index in [1.54, 1.807) is 66.7 Å². The molecule has 9 nitrogen and oxygen atoms in total. The highest BCUT2D eigenvalue weighted by molar-refractivity contribution is 6.46. The van der Waals surface area contributed by atoms with Crippen LogP contribution in [0.2, 0.25) is 0 Å². The van der Waals surface area contributed by atoms with Crippen LogP contribution in [-0.4, -0.2) is 35.9 Å². The Morgan fingerprint density at radius 1 is 0.806 bits per heavy atom. The predicted molar refractivity (Wildman–Crippen MR) is 138 cm³/mol. The molecule has 1 saturated heterocycles. The number of hydrogen-bond acceptors (Lipinski definition) is 6. The summed E-state index contributed by atoms with van der Waals surface area (Å²) in [5.74, 6) is -1.61. The zero-order chi connectivity index (χ0) is 25.8. The minimum absolute atomic E-state index is 0.177. The van der Waals surface area contributed by atoms with Gasteiger partial charge in [-0.15, -0.1) is 0 Å². The lowest BCUT2D eigenvalue weighted by Gasteiger charge is -2.34. The number of urea groups is 1. The zero-order valence-corrected chi connectivity index (χ0v) is 19.8. The normalized spacial score (nSPS) is 13.7. The average Bonchev–Trinajstić information content (AvgIpc) is 2.89. The van der Waals surface area contributed by atoms with Crippen molar-refractivity contribution in [1.82, 2.24) is 0 Å². The highest BCUT2D eigenvalue weighted by atomic mass is 16.6. The van der Waals surface area contributed by atoms with Crippen molar-refractivity contribution < 1.29 is 19.3 Å². The number of carbonyl (C=O) groups excluding carboxylic acids is 3. The van der Waals surface area contributed by atoms with Crippen molar-refractivity contribution in [2.24, 2.45) is 0 Å². The van der Waals surface area contributed by atoms with E-state index in [9.17, 15) is 24.5 Å². The van der Waals surface area contributed by atoms with Gasteiger partial charge in [-0.3, -0.25) is 19.7 Å². The molecule has 0 atom stereocenters. The van der Waals surface area contributed by atoms with Gasteiger partial charge in [-0.25, -0.2) is 14.6 Å². The van der Waals surface area contributed by atoms with E-state index in [1.807, 2.05) is 18.7 Å². The van der Waals surface area contributed by atoms with Gasteiger partial charge in [0.25, 0.3) is 17.5 Å². The first-order valence-corrected chi connectivity index (χ1v) is 11.4. The minimum atomic E-state index is -0.805. The molecule has 4 rings (SSSR count). The van der Waals surface area contributed by atoms with Crippen LogP contribution in [0.5, 0.6) is 0 Å². The number of non-ortho nitro benzene ring substituents is 1. The van der Waals surface area contributed by atoms with Crippen LogP contribution in [0.4, 0.5) is 27.5 Å². The summed E-state index contributed by atoms with van der Waals surface area (Å²) in [7, 11) is 0.